The van der Waals surface area contributed by atoms with E-state index in [1.807, 2.05) is 12.3 Å². The standard InChI is InChI=1S/C14H11FN4/c1-19-9-10(4-13(19)7-17)8-18-14-3-2-12(15)5-11(14)6-16/h2-5,9,18H,8H2,1H3. The van der Waals surface area contributed by atoms with Crippen LogP contribution in [0, 0.1) is 28.5 Å². The zero-order chi connectivity index (χ0) is 13.8. The van der Waals surface area contributed by atoms with Gasteiger partial charge in [-0.3, -0.25) is 0 Å². The maximum Gasteiger partial charge on any atom is 0.124 e. The number of nitrogens with zero attached hydrogens (tertiary/aromatic N) is 3. The Kier molecular flexibility index (Phi) is 3.49. The van der Waals surface area contributed by atoms with Gasteiger partial charge in [0.2, 0.25) is 0 Å². The van der Waals surface area contributed by atoms with E-state index in [1.165, 1.54) is 18.2 Å². The fourth-order valence-electron chi connectivity index (χ4n) is 1.80. The second kappa shape index (κ2) is 5.24. The maximum atomic E-state index is 13.0. The second-order valence-electron chi connectivity index (χ2n) is 4.11. The van der Waals surface area contributed by atoms with E-state index in [0.29, 0.717) is 17.9 Å². The number of anilines is 1. The van der Waals surface area contributed by atoms with Crippen molar-refractivity contribution in [3.8, 4) is 12.1 Å². The summed E-state index contributed by atoms with van der Waals surface area (Å²) in [5.41, 5.74) is 2.33. The van der Waals surface area contributed by atoms with Crippen LogP contribution >= 0.6 is 0 Å². The third kappa shape index (κ3) is 2.72. The number of hydrogen-bond donors (Lipinski definition) is 1. The van der Waals surface area contributed by atoms with Gasteiger partial charge in [-0.05, 0) is 29.8 Å². The first kappa shape index (κ1) is 12.7. The summed E-state index contributed by atoms with van der Waals surface area (Å²) >= 11 is 0. The molecule has 0 radical (unpaired) electrons. The molecule has 1 heterocycles. The van der Waals surface area contributed by atoms with E-state index >= 15 is 0 Å². The molecule has 0 bridgehead atoms. The Balaban J connectivity index is 2.15. The first-order valence-corrected chi connectivity index (χ1v) is 5.63. The van der Waals surface area contributed by atoms with E-state index in [0.717, 1.165) is 5.56 Å². The van der Waals surface area contributed by atoms with Crippen LogP contribution in [0.4, 0.5) is 10.1 Å². The lowest BCUT2D eigenvalue weighted by atomic mass is 10.2. The van der Waals surface area contributed by atoms with Crippen molar-refractivity contribution in [2.24, 2.45) is 7.05 Å². The Labute approximate surface area is 110 Å². The summed E-state index contributed by atoms with van der Waals surface area (Å²) in [6.45, 7) is 0.468. The Hall–Kier alpha value is -2.79. The van der Waals surface area contributed by atoms with Crippen LogP contribution in [0.15, 0.2) is 30.5 Å². The van der Waals surface area contributed by atoms with Gasteiger partial charge in [-0.25, -0.2) is 4.39 Å². The van der Waals surface area contributed by atoms with Gasteiger partial charge in [0.25, 0.3) is 0 Å². The lowest BCUT2D eigenvalue weighted by Crippen LogP contribution is -2.00. The Bertz CT molecular complexity index is 688. The number of rotatable bonds is 3. The van der Waals surface area contributed by atoms with E-state index < -0.39 is 5.82 Å². The van der Waals surface area contributed by atoms with Crippen molar-refractivity contribution in [2.45, 2.75) is 6.54 Å². The highest BCUT2D eigenvalue weighted by Crippen LogP contribution is 2.17. The van der Waals surface area contributed by atoms with Gasteiger partial charge >= 0.3 is 0 Å². The quantitative estimate of drug-likeness (QED) is 0.915. The molecule has 19 heavy (non-hydrogen) atoms. The number of nitriles is 2. The van der Waals surface area contributed by atoms with Crippen molar-refractivity contribution in [1.82, 2.24) is 4.57 Å². The van der Waals surface area contributed by atoms with E-state index in [9.17, 15) is 4.39 Å². The summed E-state index contributed by atoms with van der Waals surface area (Å²) in [4.78, 5) is 0. The van der Waals surface area contributed by atoms with Gasteiger partial charge in [-0.15, -0.1) is 0 Å². The van der Waals surface area contributed by atoms with Crippen LogP contribution in [0.1, 0.15) is 16.8 Å². The van der Waals surface area contributed by atoms with Crippen LogP contribution in [-0.2, 0) is 13.6 Å². The molecular formula is C14H11FN4. The van der Waals surface area contributed by atoms with E-state index in [-0.39, 0.29) is 5.56 Å². The number of nitrogens with one attached hydrogen (secondary N) is 1. The minimum atomic E-state index is -0.437. The normalized spacial score (nSPS) is 9.68. The monoisotopic (exact) mass is 254 g/mol. The highest BCUT2D eigenvalue weighted by atomic mass is 19.1. The van der Waals surface area contributed by atoms with Crippen LogP contribution < -0.4 is 5.32 Å². The van der Waals surface area contributed by atoms with Crippen LogP contribution in [0.2, 0.25) is 0 Å². The summed E-state index contributed by atoms with van der Waals surface area (Å²) in [6.07, 6.45) is 1.83. The lowest BCUT2D eigenvalue weighted by Gasteiger charge is -2.06. The first-order chi connectivity index (χ1) is 9.13. The average molecular weight is 254 g/mol. The molecule has 5 heteroatoms. The molecular weight excluding hydrogens is 243 g/mol. The molecule has 1 N–H and O–H groups in total. The van der Waals surface area contributed by atoms with Crippen LogP contribution in [0.3, 0.4) is 0 Å². The molecule has 2 rings (SSSR count). The van der Waals surface area contributed by atoms with Crippen LogP contribution in [0.5, 0.6) is 0 Å². The molecule has 1 aromatic carbocycles. The lowest BCUT2D eigenvalue weighted by molar-refractivity contribution is 0.627. The van der Waals surface area contributed by atoms with Crippen molar-refractivity contribution in [1.29, 1.82) is 10.5 Å². The summed E-state index contributed by atoms with van der Waals surface area (Å²) < 4.78 is 14.7. The van der Waals surface area contributed by atoms with Crippen LogP contribution in [-0.4, -0.2) is 4.57 Å². The number of halogens is 1. The third-order valence-corrected chi connectivity index (χ3v) is 2.76. The minimum absolute atomic E-state index is 0.261. The molecule has 1 aromatic heterocycles. The summed E-state index contributed by atoms with van der Waals surface area (Å²) in [7, 11) is 1.79. The summed E-state index contributed by atoms with van der Waals surface area (Å²) in [6, 6.07) is 9.80. The highest BCUT2D eigenvalue weighted by Gasteiger charge is 2.05. The topological polar surface area (TPSA) is 64.5 Å². The third-order valence-electron chi connectivity index (χ3n) is 2.76. The van der Waals surface area contributed by atoms with Gasteiger partial charge in [-0.1, -0.05) is 0 Å². The zero-order valence-corrected chi connectivity index (χ0v) is 10.3. The van der Waals surface area contributed by atoms with Gasteiger partial charge in [0.1, 0.15) is 23.6 Å². The number of aromatic nitrogens is 1. The molecule has 0 aliphatic heterocycles. The molecule has 0 aliphatic rings. The molecule has 0 unspecified atom stereocenters. The average Bonchev–Trinajstić information content (AvgIpc) is 2.77. The molecule has 0 saturated heterocycles. The first-order valence-electron chi connectivity index (χ1n) is 5.63. The fourth-order valence-corrected chi connectivity index (χ4v) is 1.80. The van der Waals surface area contributed by atoms with Crippen LogP contribution in [0.25, 0.3) is 0 Å². The number of benzene rings is 1. The Morgan fingerprint density at radius 3 is 2.68 bits per heavy atom. The SMILES string of the molecule is Cn1cc(CNc2ccc(F)cc2C#N)cc1C#N. The van der Waals surface area contributed by atoms with E-state index in [2.05, 4.69) is 11.4 Å². The van der Waals surface area contributed by atoms with Gasteiger partial charge < -0.3 is 9.88 Å². The van der Waals surface area contributed by atoms with Crippen molar-refractivity contribution in [3.05, 3.63) is 53.1 Å². The van der Waals surface area contributed by atoms with Crippen molar-refractivity contribution in [2.75, 3.05) is 5.32 Å². The molecule has 94 valence electrons. The zero-order valence-electron chi connectivity index (χ0n) is 10.3. The molecule has 0 amide bonds. The Morgan fingerprint density at radius 1 is 1.26 bits per heavy atom. The molecule has 0 atom stereocenters. The molecule has 0 fully saturated rings. The predicted octanol–water partition coefficient (Wildman–Crippen LogP) is 2.52. The van der Waals surface area contributed by atoms with Crippen molar-refractivity contribution >= 4 is 5.69 Å². The fraction of sp³-hybridized carbons (Fsp3) is 0.143. The minimum Gasteiger partial charge on any atom is -0.380 e. The highest BCUT2D eigenvalue weighted by molar-refractivity contribution is 5.57. The van der Waals surface area contributed by atoms with E-state index in [1.54, 1.807) is 17.7 Å². The molecule has 0 spiro atoms. The van der Waals surface area contributed by atoms with Gasteiger partial charge in [0.05, 0.1) is 11.3 Å². The van der Waals surface area contributed by atoms with Gasteiger partial charge in [0.15, 0.2) is 0 Å². The molecule has 0 saturated carbocycles. The second-order valence-corrected chi connectivity index (χ2v) is 4.11. The Morgan fingerprint density at radius 2 is 2.05 bits per heavy atom. The van der Waals surface area contributed by atoms with Crippen molar-refractivity contribution < 1.29 is 4.39 Å². The predicted molar refractivity (Wildman–Crippen MR) is 68.6 cm³/mol. The molecule has 0 aliphatic carbocycles. The molecule has 2 aromatic rings. The number of aryl methyl sites for hydroxylation is 1. The molecule has 4 nitrogen and oxygen atoms in total. The van der Waals surface area contributed by atoms with Gasteiger partial charge in [-0.2, -0.15) is 10.5 Å². The van der Waals surface area contributed by atoms with Gasteiger partial charge in [0, 0.05) is 19.8 Å². The smallest absolute Gasteiger partial charge is 0.124 e. The summed E-state index contributed by atoms with van der Waals surface area (Å²) in [5, 5.41) is 20.8. The van der Waals surface area contributed by atoms with Crippen molar-refractivity contribution in [3.63, 3.8) is 0 Å². The maximum absolute atomic E-state index is 13.0. The number of hydrogen-bond acceptors (Lipinski definition) is 3. The largest absolute Gasteiger partial charge is 0.380 e. The van der Waals surface area contributed by atoms with E-state index in [4.69, 9.17) is 10.5 Å². The summed E-state index contributed by atoms with van der Waals surface area (Å²) in [5.74, 6) is -0.437.